The van der Waals surface area contributed by atoms with E-state index in [1.165, 1.54) is 17.4 Å². The van der Waals surface area contributed by atoms with Crippen LogP contribution in [0.5, 0.6) is 5.75 Å². The third-order valence-corrected chi connectivity index (χ3v) is 4.08. The van der Waals surface area contributed by atoms with E-state index in [1.54, 1.807) is 36.5 Å². The molecule has 144 valence electrons. The smallest absolute Gasteiger partial charge is 0.309 e. The zero-order valence-corrected chi connectivity index (χ0v) is 15.7. The number of rotatable bonds is 7. The summed E-state index contributed by atoms with van der Waals surface area (Å²) in [5.41, 5.74) is 2.22. The lowest BCUT2D eigenvalue weighted by molar-refractivity contribution is -0.145. The molecule has 3 aromatic rings. The zero-order chi connectivity index (χ0) is 20.1. The van der Waals surface area contributed by atoms with Gasteiger partial charge in [-0.05, 0) is 49.7 Å². The Kier molecular flexibility index (Phi) is 5.84. The van der Waals surface area contributed by atoms with Crippen LogP contribution in [0.2, 0.25) is 0 Å². The number of aromatic nitrogens is 2. The van der Waals surface area contributed by atoms with E-state index in [4.69, 9.17) is 9.47 Å². The van der Waals surface area contributed by atoms with Crippen molar-refractivity contribution in [3.8, 4) is 5.75 Å². The minimum Gasteiger partial charge on any atom is -0.493 e. The van der Waals surface area contributed by atoms with Gasteiger partial charge in [-0.15, -0.1) is 0 Å². The largest absolute Gasteiger partial charge is 0.493 e. The fraction of sp³-hybridized carbons (Fsp3) is 0.238. The molecule has 0 bridgehead atoms. The van der Waals surface area contributed by atoms with Gasteiger partial charge in [-0.2, -0.15) is 0 Å². The molecule has 0 aliphatic rings. The number of Topliss-reactive ketones (excluding diaryl/α,β-unsaturated/α-hetero) is 1. The third-order valence-electron chi connectivity index (χ3n) is 4.08. The number of fused-ring (bicyclic) bond motifs is 1. The molecule has 0 aliphatic carbocycles. The molecule has 0 fully saturated rings. The third kappa shape index (κ3) is 4.82. The molecule has 0 aliphatic heterocycles. The maximum Gasteiger partial charge on any atom is 0.309 e. The van der Waals surface area contributed by atoms with Crippen LogP contribution in [0.15, 0.2) is 53.5 Å². The van der Waals surface area contributed by atoms with Gasteiger partial charge in [0.25, 0.3) is 5.56 Å². The van der Waals surface area contributed by atoms with Crippen LogP contribution in [0, 0.1) is 6.92 Å². The van der Waals surface area contributed by atoms with Crippen LogP contribution in [-0.2, 0) is 16.1 Å². The van der Waals surface area contributed by atoms with E-state index in [0.29, 0.717) is 22.7 Å². The summed E-state index contributed by atoms with van der Waals surface area (Å²) < 4.78 is 12.1. The number of hydrogen-bond acceptors (Lipinski definition) is 6. The van der Waals surface area contributed by atoms with Crippen molar-refractivity contribution >= 4 is 17.4 Å². The van der Waals surface area contributed by atoms with Crippen molar-refractivity contribution in [3.05, 3.63) is 75.8 Å². The van der Waals surface area contributed by atoms with E-state index < -0.39 is 5.97 Å². The Labute approximate surface area is 161 Å². The van der Waals surface area contributed by atoms with Gasteiger partial charge in [0.15, 0.2) is 5.78 Å². The highest BCUT2D eigenvalue weighted by molar-refractivity contribution is 5.94. The maximum atomic E-state index is 12.1. The van der Waals surface area contributed by atoms with Crippen molar-refractivity contribution in [2.75, 3.05) is 6.61 Å². The average molecular weight is 380 g/mol. The van der Waals surface area contributed by atoms with E-state index in [1.807, 2.05) is 13.0 Å². The van der Waals surface area contributed by atoms with Crippen molar-refractivity contribution in [1.82, 2.24) is 9.38 Å². The van der Waals surface area contributed by atoms with Crippen LogP contribution >= 0.6 is 0 Å². The van der Waals surface area contributed by atoms with Gasteiger partial charge in [-0.25, -0.2) is 4.98 Å². The topological polar surface area (TPSA) is 87.0 Å². The number of ether oxygens (including phenoxy) is 2. The maximum absolute atomic E-state index is 12.1. The molecule has 0 amide bonds. The van der Waals surface area contributed by atoms with Crippen LogP contribution in [0.1, 0.15) is 35.0 Å². The average Bonchev–Trinajstić information content (AvgIpc) is 2.67. The van der Waals surface area contributed by atoms with Gasteiger partial charge in [-0.1, -0.05) is 6.07 Å². The molecular weight excluding hydrogens is 360 g/mol. The summed E-state index contributed by atoms with van der Waals surface area (Å²) in [6.45, 7) is 3.45. The highest BCUT2D eigenvalue weighted by Gasteiger charge is 2.08. The van der Waals surface area contributed by atoms with Crippen LogP contribution in [0.4, 0.5) is 0 Å². The minimum atomic E-state index is -0.453. The number of hydrogen-bond donors (Lipinski definition) is 0. The van der Waals surface area contributed by atoms with Gasteiger partial charge < -0.3 is 9.47 Å². The van der Waals surface area contributed by atoms with E-state index in [0.717, 1.165) is 5.56 Å². The van der Waals surface area contributed by atoms with Gasteiger partial charge in [0.2, 0.25) is 0 Å². The van der Waals surface area contributed by atoms with Crippen LogP contribution in [-0.4, -0.2) is 27.7 Å². The molecule has 3 rings (SSSR count). The summed E-state index contributed by atoms with van der Waals surface area (Å²) in [5.74, 6) is 0.0933. The summed E-state index contributed by atoms with van der Waals surface area (Å²) in [5, 5.41) is 0. The van der Waals surface area contributed by atoms with Crippen molar-refractivity contribution in [1.29, 1.82) is 0 Å². The molecular formula is C21H20N2O5. The second-order valence-corrected chi connectivity index (χ2v) is 6.36. The standard InChI is InChI=1S/C21H20N2O5/c1-14-3-8-19-22-17(11-20(25)23(19)12-14)13-28-21(26)9-10-27-18-6-4-16(5-7-18)15(2)24/h3-8,11-12H,9-10,13H2,1-2H3. The monoisotopic (exact) mass is 380 g/mol. The Hall–Kier alpha value is -3.48. The highest BCUT2D eigenvalue weighted by atomic mass is 16.5. The predicted octanol–water partition coefficient (Wildman–Crippen LogP) is 2.72. The van der Waals surface area contributed by atoms with E-state index in [2.05, 4.69) is 4.98 Å². The number of ketones is 1. The van der Waals surface area contributed by atoms with Crippen molar-refractivity contribution < 1.29 is 19.1 Å². The van der Waals surface area contributed by atoms with Gasteiger partial charge in [0.1, 0.15) is 18.0 Å². The van der Waals surface area contributed by atoms with Crippen molar-refractivity contribution in [3.63, 3.8) is 0 Å². The summed E-state index contributed by atoms with van der Waals surface area (Å²) in [4.78, 5) is 39.6. The lowest BCUT2D eigenvalue weighted by atomic mass is 10.1. The second kappa shape index (κ2) is 8.47. The van der Waals surface area contributed by atoms with Crippen LogP contribution in [0.25, 0.3) is 5.65 Å². The Morgan fingerprint density at radius 1 is 1.11 bits per heavy atom. The van der Waals surface area contributed by atoms with Crippen LogP contribution in [0.3, 0.4) is 0 Å². The first-order valence-corrected chi connectivity index (χ1v) is 8.81. The lowest BCUT2D eigenvalue weighted by Crippen LogP contribution is -2.17. The normalized spacial score (nSPS) is 10.6. The number of pyridine rings is 1. The summed E-state index contributed by atoms with van der Waals surface area (Å²) >= 11 is 0. The fourth-order valence-corrected chi connectivity index (χ4v) is 2.60. The van der Waals surface area contributed by atoms with E-state index in [-0.39, 0.29) is 31.0 Å². The predicted molar refractivity (Wildman–Crippen MR) is 103 cm³/mol. The summed E-state index contributed by atoms with van der Waals surface area (Å²) in [7, 11) is 0. The SMILES string of the molecule is CC(=O)c1ccc(OCCC(=O)OCc2cc(=O)n3cc(C)ccc3n2)cc1. The first-order valence-electron chi connectivity index (χ1n) is 8.81. The number of carbonyl (C=O) groups is 2. The molecule has 0 unspecified atom stereocenters. The number of nitrogens with zero attached hydrogens (tertiary/aromatic N) is 2. The quantitative estimate of drug-likeness (QED) is 0.463. The van der Waals surface area contributed by atoms with Crippen molar-refractivity contribution in [2.45, 2.75) is 26.9 Å². The summed E-state index contributed by atoms with van der Waals surface area (Å²) in [6.07, 6.45) is 1.76. The molecule has 0 saturated heterocycles. The molecule has 0 spiro atoms. The molecule has 2 heterocycles. The second-order valence-electron chi connectivity index (χ2n) is 6.36. The molecule has 1 aromatic carbocycles. The number of aryl methyl sites for hydroxylation is 1. The lowest BCUT2D eigenvalue weighted by Gasteiger charge is -2.08. The molecule has 0 saturated carbocycles. The Bertz CT molecular complexity index is 1070. The Balaban J connectivity index is 1.50. The molecule has 2 aromatic heterocycles. The number of esters is 1. The Morgan fingerprint density at radius 3 is 2.57 bits per heavy atom. The molecule has 0 N–H and O–H groups in total. The van der Waals surface area contributed by atoms with Crippen molar-refractivity contribution in [2.24, 2.45) is 0 Å². The van der Waals surface area contributed by atoms with Gasteiger partial charge in [0, 0.05) is 17.8 Å². The van der Waals surface area contributed by atoms with Gasteiger partial charge in [-0.3, -0.25) is 18.8 Å². The molecule has 0 radical (unpaired) electrons. The molecule has 28 heavy (non-hydrogen) atoms. The first-order chi connectivity index (χ1) is 13.4. The molecule has 0 atom stereocenters. The number of carbonyl (C=O) groups excluding carboxylic acids is 2. The minimum absolute atomic E-state index is 0.0211. The zero-order valence-electron chi connectivity index (χ0n) is 15.7. The van der Waals surface area contributed by atoms with E-state index in [9.17, 15) is 14.4 Å². The summed E-state index contributed by atoms with van der Waals surface area (Å²) in [6, 6.07) is 11.6. The van der Waals surface area contributed by atoms with Crippen LogP contribution < -0.4 is 10.3 Å². The van der Waals surface area contributed by atoms with E-state index >= 15 is 0 Å². The first kappa shape index (κ1) is 19.3. The Morgan fingerprint density at radius 2 is 1.86 bits per heavy atom. The van der Waals surface area contributed by atoms with Gasteiger partial charge in [0.05, 0.1) is 18.7 Å². The fourth-order valence-electron chi connectivity index (χ4n) is 2.60. The molecule has 7 heteroatoms. The highest BCUT2D eigenvalue weighted by Crippen LogP contribution is 2.13. The molecule has 7 nitrogen and oxygen atoms in total. The number of benzene rings is 1. The van der Waals surface area contributed by atoms with Gasteiger partial charge >= 0.3 is 5.97 Å².